The number of halogens is 2. The van der Waals surface area contributed by atoms with Gasteiger partial charge in [0.1, 0.15) is 6.33 Å². The van der Waals surface area contributed by atoms with Crippen molar-refractivity contribution in [1.29, 1.82) is 0 Å². The Kier molecular flexibility index (Phi) is 3.71. The summed E-state index contributed by atoms with van der Waals surface area (Å²) in [7, 11) is 0. The Hall–Kier alpha value is -1.46. The Bertz CT molecular complexity index is 548. The second kappa shape index (κ2) is 5.25. The fraction of sp³-hybridized carbons (Fsp3) is 0. The molecule has 0 saturated heterocycles. The molecular weight excluding hydrogens is 305 g/mol. The number of nitrogens with zero attached hydrogens (tertiary/aromatic N) is 2. The van der Waals surface area contributed by atoms with Crippen LogP contribution in [0.3, 0.4) is 0 Å². The zero-order valence-electron chi connectivity index (χ0n) is 8.52. The van der Waals surface area contributed by atoms with E-state index >= 15 is 0 Å². The number of rotatable bonds is 2. The van der Waals surface area contributed by atoms with Gasteiger partial charge >= 0.3 is 0 Å². The number of hydrogen-bond acceptors (Lipinski definition) is 3. The number of carbonyl (C=O) groups excluding carboxylic acids is 1. The molecule has 0 aliphatic rings. The van der Waals surface area contributed by atoms with Gasteiger partial charge in [0, 0.05) is 10.0 Å². The highest BCUT2D eigenvalue weighted by Gasteiger charge is 2.08. The predicted octanol–water partition coefficient (Wildman–Crippen LogP) is 3.14. The van der Waals surface area contributed by atoms with Crippen LogP contribution in [0.5, 0.6) is 0 Å². The van der Waals surface area contributed by atoms with E-state index in [-0.39, 0.29) is 5.91 Å². The fourth-order valence-electron chi connectivity index (χ4n) is 1.20. The van der Waals surface area contributed by atoms with Gasteiger partial charge in [-0.1, -0.05) is 11.6 Å². The summed E-state index contributed by atoms with van der Waals surface area (Å²) in [6, 6.07) is 4.98. The minimum absolute atomic E-state index is 0.255. The number of benzene rings is 1. The lowest BCUT2D eigenvalue weighted by atomic mass is 10.2. The van der Waals surface area contributed by atoms with Gasteiger partial charge in [0.15, 0.2) is 0 Å². The second-order valence-electron chi connectivity index (χ2n) is 3.21. The van der Waals surface area contributed by atoms with Crippen molar-refractivity contribution >= 4 is 39.1 Å². The van der Waals surface area contributed by atoms with Gasteiger partial charge in [-0.15, -0.1) is 0 Å². The van der Waals surface area contributed by atoms with E-state index in [2.05, 4.69) is 31.2 Å². The fourth-order valence-corrected chi connectivity index (χ4v) is 1.63. The first-order chi connectivity index (χ1) is 8.16. The first-order valence-corrected chi connectivity index (χ1v) is 5.85. The van der Waals surface area contributed by atoms with E-state index < -0.39 is 0 Å². The lowest BCUT2D eigenvalue weighted by Crippen LogP contribution is -2.12. The summed E-state index contributed by atoms with van der Waals surface area (Å²) >= 11 is 9.17. The Morgan fingerprint density at radius 3 is 2.65 bits per heavy atom. The number of nitrogens with one attached hydrogen (secondary N) is 1. The normalized spacial score (nSPS) is 10.0. The quantitative estimate of drug-likeness (QED) is 0.927. The Balaban J connectivity index is 2.18. The van der Waals surface area contributed by atoms with Crippen molar-refractivity contribution in [2.45, 2.75) is 0 Å². The van der Waals surface area contributed by atoms with Crippen LogP contribution in [0.1, 0.15) is 10.4 Å². The van der Waals surface area contributed by atoms with Gasteiger partial charge in [-0.05, 0) is 34.1 Å². The van der Waals surface area contributed by atoms with Crippen molar-refractivity contribution in [3.05, 3.63) is 52.0 Å². The Morgan fingerprint density at radius 2 is 2.00 bits per heavy atom. The van der Waals surface area contributed by atoms with E-state index in [9.17, 15) is 4.79 Å². The van der Waals surface area contributed by atoms with E-state index in [0.29, 0.717) is 16.3 Å². The van der Waals surface area contributed by atoms with Gasteiger partial charge in [0.2, 0.25) is 0 Å². The summed E-state index contributed by atoms with van der Waals surface area (Å²) in [5, 5.41) is 3.15. The summed E-state index contributed by atoms with van der Waals surface area (Å²) in [5.74, 6) is -0.255. The van der Waals surface area contributed by atoms with Crippen LogP contribution in [0.2, 0.25) is 5.02 Å². The number of hydrogen-bond donors (Lipinski definition) is 1. The molecule has 0 saturated carbocycles. The van der Waals surface area contributed by atoms with Gasteiger partial charge in [0.05, 0.1) is 23.1 Å². The molecule has 2 aromatic rings. The monoisotopic (exact) mass is 311 g/mol. The molecule has 0 atom stereocenters. The van der Waals surface area contributed by atoms with E-state index in [1.54, 1.807) is 18.2 Å². The zero-order chi connectivity index (χ0) is 12.3. The minimum Gasteiger partial charge on any atom is -0.319 e. The highest BCUT2D eigenvalue weighted by atomic mass is 79.9. The van der Waals surface area contributed by atoms with E-state index in [0.717, 1.165) is 4.47 Å². The largest absolute Gasteiger partial charge is 0.319 e. The average molecular weight is 313 g/mol. The number of aromatic nitrogens is 2. The lowest BCUT2D eigenvalue weighted by molar-refractivity contribution is 0.102. The molecule has 2 rings (SSSR count). The molecule has 17 heavy (non-hydrogen) atoms. The SMILES string of the molecule is O=C(Nc1cncnc1)c1ccc(Br)c(Cl)c1. The van der Waals surface area contributed by atoms with Crippen LogP contribution in [0.15, 0.2) is 41.4 Å². The third-order valence-electron chi connectivity index (χ3n) is 2.00. The Morgan fingerprint density at radius 1 is 1.29 bits per heavy atom. The molecule has 1 aromatic heterocycles. The molecule has 0 fully saturated rings. The predicted molar refractivity (Wildman–Crippen MR) is 69.1 cm³/mol. The molecule has 6 heteroatoms. The van der Waals surface area contributed by atoms with E-state index in [1.165, 1.54) is 18.7 Å². The molecule has 1 amide bonds. The Labute approximate surface area is 111 Å². The number of carbonyl (C=O) groups is 1. The smallest absolute Gasteiger partial charge is 0.255 e. The van der Waals surface area contributed by atoms with Crippen LogP contribution < -0.4 is 5.32 Å². The van der Waals surface area contributed by atoms with Gasteiger partial charge in [-0.3, -0.25) is 4.79 Å². The standard InChI is InChI=1S/C11H7BrClN3O/c12-9-2-1-7(3-10(9)13)11(17)16-8-4-14-6-15-5-8/h1-6H,(H,16,17). The molecule has 4 nitrogen and oxygen atoms in total. The van der Waals surface area contributed by atoms with Gasteiger partial charge in [0.25, 0.3) is 5.91 Å². The molecule has 0 radical (unpaired) electrons. The summed E-state index contributed by atoms with van der Waals surface area (Å²) in [4.78, 5) is 19.4. The second-order valence-corrected chi connectivity index (χ2v) is 4.47. The molecule has 86 valence electrons. The van der Waals surface area contributed by atoms with Crippen molar-refractivity contribution in [3.63, 3.8) is 0 Å². The molecule has 1 N–H and O–H groups in total. The van der Waals surface area contributed by atoms with Crippen LogP contribution in [-0.2, 0) is 0 Å². The van der Waals surface area contributed by atoms with Gasteiger partial charge in [-0.25, -0.2) is 9.97 Å². The summed E-state index contributed by atoms with van der Waals surface area (Å²) < 4.78 is 0.749. The minimum atomic E-state index is -0.255. The van der Waals surface area contributed by atoms with Crippen LogP contribution in [0.25, 0.3) is 0 Å². The van der Waals surface area contributed by atoms with Crippen LogP contribution in [-0.4, -0.2) is 15.9 Å². The van der Waals surface area contributed by atoms with Crippen LogP contribution in [0, 0.1) is 0 Å². The van der Waals surface area contributed by atoms with Crippen LogP contribution in [0.4, 0.5) is 5.69 Å². The van der Waals surface area contributed by atoms with Crippen molar-refractivity contribution in [1.82, 2.24) is 9.97 Å². The summed E-state index contributed by atoms with van der Waals surface area (Å²) in [5.41, 5.74) is 1.01. The highest BCUT2D eigenvalue weighted by Crippen LogP contribution is 2.23. The molecule has 0 spiro atoms. The maximum Gasteiger partial charge on any atom is 0.255 e. The van der Waals surface area contributed by atoms with Crippen molar-refractivity contribution in [2.24, 2.45) is 0 Å². The first-order valence-electron chi connectivity index (χ1n) is 4.68. The molecule has 0 bridgehead atoms. The number of amides is 1. The first kappa shape index (κ1) is 12.0. The van der Waals surface area contributed by atoms with Crippen molar-refractivity contribution < 1.29 is 4.79 Å². The molecule has 0 aliphatic carbocycles. The van der Waals surface area contributed by atoms with Crippen molar-refractivity contribution in [2.75, 3.05) is 5.32 Å². The third-order valence-corrected chi connectivity index (χ3v) is 3.23. The van der Waals surface area contributed by atoms with Gasteiger partial charge in [-0.2, -0.15) is 0 Å². The molecular formula is C11H7BrClN3O. The molecule has 0 unspecified atom stereocenters. The highest BCUT2D eigenvalue weighted by molar-refractivity contribution is 9.10. The molecule has 1 aromatic carbocycles. The number of anilines is 1. The van der Waals surface area contributed by atoms with E-state index in [4.69, 9.17) is 11.6 Å². The van der Waals surface area contributed by atoms with Crippen molar-refractivity contribution in [3.8, 4) is 0 Å². The zero-order valence-corrected chi connectivity index (χ0v) is 10.9. The van der Waals surface area contributed by atoms with Crippen LogP contribution >= 0.6 is 27.5 Å². The third kappa shape index (κ3) is 3.01. The van der Waals surface area contributed by atoms with E-state index in [1.807, 2.05) is 0 Å². The average Bonchev–Trinajstić information content (AvgIpc) is 2.34. The summed E-state index contributed by atoms with van der Waals surface area (Å²) in [6.45, 7) is 0. The molecule has 1 heterocycles. The van der Waals surface area contributed by atoms with Gasteiger partial charge < -0.3 is 5.32 Å². The topological polar surface area (TPSA) is 54.9 Å². The lowest BCUT2D eigenvalue weighted by Gasteiger charge is -2.05. The maximum atomic E-state index is 11.8. The summed E-state index contributed by atoms with van der Waals surface area (Å²) in [6.07, 6.45) is 4.43. The maximum absolute atomic E-state index is 11.8. The molecule has 0 aliphatic heterocycles.